The summed E-state index contributed by atoms with van der Waals surface area (Å²) >= 11 is 0. The molecule has 0 aliphatic carbocycles. The van der Waals surface area contributed by atoms with E-state index in [2.05, 4.69) is 11.4 Å². The Hall–Kier alpha value is -10.9. The number of nitrogens with one attached hydrogen (secondary N) is 1. The van der Waals surface area contributed by atoms with Gasteiger partial charge in [-0.3, -0.25) is 0 Å². The van der Waals surface area contributed by atoms with E-state index in [1.807, 2.05) is 60.7 Å². The first kappa shape index (κ1) is 59.3. The summed E-state index contributed by atoms with van der Waals surface area (Å²) in [7, 11) is 0. The molecule has 0 saturated heterocycles. The van der Waals surface area contributed by atoms with Crippen LogP contribution in [0.3, 0.4) is 0 Å². The maximum absolute atomic E-state index is 12.9. The molecule has 0 heterocycles. The van der Waals surface area contributed by atoms with E-state index in [9.17, 15) is 45.6 Å². The maximum atomic E-state index is 12.9. The number of unbranched alkanes of at least 4 members (excludes halogenated alkanes) is 1. The van der Waals surface area contributed by atoms with Crippen molar-refractivity contribution < 1.29 is 83.5 Å². The average Bonchev–Trinajstić information content (AvgIpc) is 1.38. The van der Waals surface area contributed by atoms with Crippen LogP contribution in [0, 0.1) is 0 Å². The van der Waals surface area contributed by atoms with Gasteiger partial charge in [0.05, 0.1) is 6.61 Å². The predicted octanol–water partition coefficient (Wildman–Crippen LogP) is 13.3. The van der Waals surface area contributed by atoms with Gasteiger partial charge in [0.15, 0.2) is 0 Å². The van der Waals surface area contributed by atoms with Crippen LogP contribution < -0.4 is 33.7 Å². The van der Waals surface area contributed by atoms with Crippen molar-refractivity contribution in [3.8, 4) is 80.5 Å². The van der Waals surface area contributed by atoms with Gasteiger partial charge in [-0.1, -0.05) is 48.5 Å². The van der Waals surface area contributed by atoms with Gasteiger partial charge in [-0.2, -0.15) is 0 Å². The number of carbonyl (C=O) groups excluding carboxylic acids is 1. The van der Waals surface area contributed by atoms with Crippen molar-refractivity contribution in [2.75, 3.05) is 13.2 Å². The van der Waals surface area contributed by atoms with Crippen LogP contribution in [0.2, 0.25) is 0 Å². The lowest BCUT2D eigenvalue weighted by molar-refractivity contribution is 0.115. The minimum atomic E-state index is -0.517. The van der Waals surface area contributed by atoms with E-state index in [1.165, 1.54) is 72.8 Å². The Morgan fingerprint density at radius 2 is 0.621 bits per heavy atom. The fourth-order valence-corrected chi connectivity index (χ4v) is 9.76. The highest BCUT2D eigenvalue weighted by atomic mass is 16.5. The molecule has 0 radical (unpaired) electrons. The van der Waals surface area contributed by atoms with E-state index < -0.39 is 6.09 Å². The third kappa shape index (κ3) is 17.4. The number of phenolic OH excluding ortho intramolecular Hbond substituents is 8. The van der Waals surface area contributed by atoms with Gasteiger partial charge in [0.25, 0.3) is 0 Å². The highest BCUT2D eigenvalue weighted by Crippen LogP contribution is 2.34. The molecule has 0 aliphatic heterocycles. The molecule has 18 heteroatoms. The molecule has 0 fully saturated rings. The lowest BCUT2D eigenvalue weighted by atomic mass is 9.97. The molecular weight excluding hydrogens is 1110 g/mol. The predicted molar refractivity (Wildman–Crippen MR) is 323 cm³/mol. The molecule has 446 valence electrons. The number of hydrogen-bond acceptors (Lipinski definition) is 17. The summed E-state index contributed by atoms with van der Waals surface area (Å²) in [4.78, 5) is 12.9. The van der Waals surface area contributed by atoms with Gasteiger partial charge in [-0.05, 0) is 164 Å². The number of fused-ring (bicyclic) bond motifs is 2. The second kappa shape index (κ2) is 28.2. The number of rotatable bonds is 27. The maximum Gasteiger partial charge on any atom is 0.407 e. The van der Waals surface area contributed by atoms with Crippen LogP contribution in [0.25, 0.3) is 21.5 Å². The number of hydrogen-bond donors (Lipinski definition) is 9. The van der Waals surface area contributed by atoms with Crippen LogP contribution in [0.1, 0.15) is 57.3 Å². The molecule has 18 nitrogen and oxygen atoms in total. The van der Waals surface area contributed by atoms with Crippen LogP contribution >= 0.6 is 0 Å². The van der Waals surface area contributed by atoms with Crippen LogP contribution in [0.15, 0.2) is 182 Å². The average molecular weight is 1180 g/mol. The van der Waals surface area contributed by atoms with Crippen molar-refractivity contribution in [1.29, 1.82) is 0 Å². The van der Waals surface area contributed by atoms with E-state index in [0.717, 1.165) is 27.1 Å². The molecule has 87 heavy (non-hydrogen) atoms. The lowest BCUT2D eigenvalue weighted by Gasteiger charge is -2.16. The van der Waals surface area contributed by atoms with Gasteiger partial charge in [0.1, 0.15) is 127 Å². The zero-order valence-electron chi connectivity index (χ0n) is 47.1. The molecule has 10 aromatic rings. The van der Waals surface area contributed by atoms with Crippen molar-refractivity contribution in [2.45, 2.75) is 65.7 Å². The van der Waals surface area contributed by atoms with Crippen molar-refractivity contribution in [3.63, 3.8) is 0 Å². The van der Waals surface area contributed by atoms with E-state index in [4.69, 9.17) is 37.9 Å². The molecule has 0 bridgehead atoms. The van der Waals surface area contributed by atoms with Gasteiger partial charge < -0.3 is 84.1 Å². The fraction of sp³-hybridized carbons (Fsp3) is 0.174. The number of phenols is 8. The zero-order valence-corrected chi connectivity index (χ0v) is 47.1. The van der Waals surface area contributed by atoms with Crippen LogP contribution in [0.5, 0.6) is 80.5 Å². The first-order valence-corrected chi connectivity index (χ1v) is 27.8. The summed E-state index contributed by atoms with van der Waals surface area (Å²) in [6.07, 6.45) is 0.722. The molecule has 10 aromatic carbocycles. The van der Waals surface area contributed by atoms with Gasteiger partial charge in [0, 0.05) is 61.2 Å². The lowest BCUT2D eigenvalue weighted by Crippen LogP contribution is -2.25. The Balaban J connectivity index is 0.836. The molecule has 0 aromatic heterocycles. The topological polar surface area (TPSA) is 265 Å². The standard InChI is InChI=1S/C69H63NO17/c71-52-13-43(14-53(72)28-52)36-81-62-23-48(24-63(33-62)82-37-44-15-54(73)29-55(74)16-44)40-85-60-21-47(35-80-12-6-5-11-70-69(79)87-42-68-66-9-3-1-7-50(66)27-51-8-2-4-10-67(51)68)22-61(32-60)86-41-49-25-64(83-38-45-17-56(75)30-57(76)18-45)34-65(26-49)84-39-46-19-58(77)31-59(78)20-46/h1-4,7-10,13-34,71-78H,5-6,11-12,35-42H2,(H,70,79). The van der Waals surface area contributed by atoms with Crippen LogP contribution in [-0.2, 0) is 62.3 Å². The van der Waals surface area contributed by atoms with Crippen molar-refractivity contribution in [1.82, 2.24) is 5.32 Å². The quantitative estimate of drug-likeness (QED) is 0.0171. The van der Waals surface area contributed by atoms with Gasteiger partial charge in [-0.15, -0.1) is 0 Å². The Labute approximate surface area is 500 Å². The van der Waals surface area contributed by atoms with Crippen molar-refractivity contribution in [2.24, 2.45) is 0 Å². The monoisotopic (exact) mass is 1180 g/mol. The number of amides is 1. The van der Waals surface area contributed by atoms with Gasteiger partial charge >= 0.3 is 6.09 Å². The number of aromatic hydroxyl groups is 8. The van der Waals surface area contributed by atoms with Crippen molar-refractivity contribution >= 4 is 27.6 Å². The molecule has 10 rings (SSSR count). The fourth-order valence-electron chi connectivity index (χ4n) is 9.76. The minimum absolute atomic E-state index is 0.000879. The van der Waals surface area contributed by atoms with E-state index >= 15 is 0 Å². The second-order valence-corrected chi connectivity index (χ2v) is 20.7. The van der Waals surface area contributed by atoms with Crippen molar-refractivity contribution in [3.05, 3.63) is 226 Å². The van der Waals surface area contributed by atoms with Crippen LogP contribution in [0.4, 0.5) is 4.79 Å². The Morgan fingerprint density at radius 3 is 0.954 bits per heavy atom. The zero-order chi connectivity index (χ0) is 60.7. The number of alkyl carbamates (subject to hydrolysis) is 1. The first-order chi connectivity index (χ1) is 42.2. The van der Waals surface area contributed by atoms with E-state index in [0.29, 0.717) is 99.4 Å². The third-order valence-corrected chi connectivity index (χ3v) is 13.6. The Morgan fingerprint density at radius 1 is 0.322 bits per heavy atom. The summed E-state index contributed by atoms with van der Waals surface area (Å²) in [6.45, 7) is 0.931. The SMILES string of the molecule is O=C(NCCCCOCc1cc(OCc2cc(OCc3cc(O)cc(O)c3)cc(OCc3cc(O)cc(O)c3)c2)cc(OCc2cc(OCc3cc(O)cc(O)c3)cc(OCc3cc(O)cc(O)c3)c2)c1)OCc1c2ccccc2cc2ccccc12. The van der Waals surface area contributed by atoms with E-state index in [-0.39, 0.29) is 98.9 Å². The molecule has 1 amide bonds. The second-order valence-electron chi connectivity index (χ2n) is 20.7. The number of benzene rings is 10. The molecule has 0 atom stereocenters. The molecule has 0 aliphatic rings. The van der Waals surface area contributed by atoms with Crippen LogP contribution in [-0.4, -0.2) is 60.1 Å². The molecule has 0 saturated carbocycles. The third-order valence-electron chi connectivity index (χ3n) is 13.6. The summed E-state index contributed by atoms with van der Waals surface area (Å²) in [5.74, 6) is 1.26. The smallest absolute Gasteiger partial charge is 0.407 e. The summed E-state index contributed by atoms with van der Waals surface area (Å²) < 4.78 is 49.4. The highest BCUT2D eigenvalue weighted by Gasteiger charge is 2.15. The number of ether oxygens (including phenoxy) is 8. The molecule has 9 N–H and O–H groups in total. The van der Waals surface area contributed by atoms with Gasteiger partial charge in [-0.25, -0.2) is 4.79 Å². The van der Waals surface area contributed by atoms with Gasteiger partial charge in [0.2, 0.25) is 0 Å². The highest BCUT2D eigenvalue weighted by molar-refractivity contribution is 6.02. The normalized spacial score (nSPS) is 11.1. The molecular formula is C69H63NO17. The van der Waals surface area contributed by atoms with E-state index in [1.54, 1.807) is 42.5 Å². The molecule has 0 spiro atoms. The first-order valence-electron chi connectivity index (χ1n) is 27.8. The summed E-state index contributed by atoms with van der Waals surface area (Å²) in [6, 6.07) is 50.5. The molecule has 0 unspecified atom stereocenters. The minimum Gasteiger partial charge on any atom is -0.508 e. The summed E-state index contributed by atoms with van der Waals surface area (Å²) in [5.41, 5.74) is 4.91. The summed E-state index contributed by atoms with van der Waals surface area (Å²) in [5, 5.41) is 87.9. The Bertz CT molecular complexity index is 3570. The number of carbonyl (C=O) groups is 1. The Kier molecular flexibility index (Phi) is 19.2. The largest absolute Gasteiger partial charge is 0.508 e.